The lowest BCUT2D eigenvalue weighted by atomic mass is 10.2. The largest absolute Gasteiger partial charge is 0.450 e. The zero-order valence-electron chi connectivity index (χ0n) is 21.0. The van der Waals surface area contributed by atoms with Crippen molar-refractivity contribution >= 4 is 45.7 Å². The van der Waals surface area contributed by atoms with Crippen LogP contribution in [-0.2, 0) is 18.0 Å². The molecule has 1 fully saturated rings. The number of aromatic nitrogens is 7. The van der Waals surface area contributed by atoms with Gasteiger partial charge >= 0.3 is 6.18 Å². The van der Waals surface area contributed by atoms with Gasteiger partial charge in [0.25, 0.3) is 5.56 Å². The number of anilines is 3. The average molecular weight is 576 g/mol. The number of aryl methyl sites for hydroxylation is 1. The van der Waals surface area contributed by atoms with Crippen molar-refractivity contribution in [1.82, 2.24) is 33.7 Å². The van der Waals surface area contributed by atoms with Gasteiger partial charge in [-0.3, -0.25) is 4.79 Å². The molecule has 0 saturated carbocycles. The van der Waals surface area contributed by atoms with E-state index in [9.17, 15) is 18.0 Å². The summed E-state index contributed by atoms with van der Waals surface area (Å²) < 4.78 is 56.5. The lowest BCUT2D eigenvalue weighted by molar-refractivity contribution is -0.138. The van der Waals surface area contributed by atoms with Crippen molar-refractivity contribution in [1.29, 1.82) is 0 Å². The number of nitrogens with one attached hydrogen (secondary N) is 2. The maximum Gasteiger partial charge on any atom is 0.417 e. The second-order valence-electron chi connectivity index (χ2n) is 9.06. The van der Waals surface area contributed by atoms with E-state index >= 15 is 0 Å². The molecule has 0 aromatic carbocycles. The minimum absolute atomic E-state index is 0.0620. The van der Waals surface area contributed by atoms with E-state index in [2.05, 4.69) is 30.7 Å². The zero-order valence-corrected chi connectivity index (χ0v) is 21.8. The lowest BCUT2D eigenvalue weighted by Crippen LogP contribution is -2.28. The fraction of sp³-hybridized carbons (Fsp3) is 0.292. The zero-order chi connectivity index (χ0) is 28.2. The fourth-order valence-corrected chi connectivity index (χ4v) is 4.76. The molecule has 40 heavy (non-hydrogen) atoms. The normalized spacial score (nSPS) is 15.7. The van der Waals surface area contributed by atoms with Crippen LogP contribution in [0.3, 0.4) is 0 Å². The van der Waals surface area contributed by atoms with Crippen LogP contribution in [0.25, 0.3) is 16.7 Å². The van der Waals surface area contributed by atoms with Crippen LogP contribution in [0.1, 0.15) is 18.0 Å². The summed E-state index contributed by atoms with van der Waals surface area (Å²) in [7, 11) is 3.32. The predicted molar refractivity (Wildman–Crippen MR) is 140 cm³/mol. The Kier molecular flexibility index (Phi) is 6.26. The third-order valence-corrected chi connectivity index (χ3v) is 6.93. The van der Waals surface area contributed by atoms with Crippen molar-refractivity contribution in [2.24, 2.45) is 7.05 Å². The Morgan fingerprint density at radius 2 is 2.00 bits per heavy atom. The highest BCUT2D eigenvalue weighted by Gasteiger charge is 2.34. The van der Waals surface area contributed by atoms with Gasteiger partial charge in [0.05, 0.1) is 43.0 Å². The number of rotatable bonds is 6. The van der Waals surface area contributed by atoms with Gasteiger partial charge in [0.2, 0.25) is 5.95 Å². The highest BCUT2D eigenvalue weighted by Crippen LogP contribution is 2.37. The molecule has 1 unspecified atom stereocenters. The molecular weight excluding hydrogens is 555 g/mol. The molecule has 2 N–H and O–H groups in total. The third kappa shape index (κ3) is 4.46. The van der Waals surface area contributed by atoms with Crippen molar-refractivity contribution in [3.8, 4) is 11.5 Å². The molecule has 1 atom stereocenters. The Labute approximate surface area is 228 Å². The number of halogens is 4. The predicted octanol–water partition coefficient (Wildman–Crippen LogP) is 4.38. The minimum Gasteiger partial charge on any atom is -0.450 e. The lowest BCUT2D eigenvalue weighted by Gasteiger charge is -2.18. The molecule has 0 bridgehead atoms. The van der Waals surface area contributed by atoms with Crippen molar-refractivity contribution in [3.05, 3.63) is 58.0 Å². The molecular formula is C24H21ClF3N9O3. The number of pyridine rings is 2. The summed E-state index contributed by atoms with van der Waals surface area (Å²) >= 11 is 6.67. The Morgan fingerprint density at radius 1 is 1.18 bits per heavy atom. The van der Waals surface area contributed by atoms with Gasteiger partial charge in [-0.05, 0) is 12.5 Å². The van der Waals surface area contributed by atoms with Gasteiger partial charge in [0, 0.05) is 26.9 Å². The van der Waals surface area contributed by atoms with Gasteiger partial charge in [-0.2, -0.15) is 23.3 Å². The smallest absolute Gasteiger partial charge is 0.417 e. The summed E-state index contributed by atoms with van der Waals surface area (Å²) in [5.74, 6) is 1.24. The first kappa shape index (κ1) is 25.9. The van der Waals surface area contributed by atoms with E-state index in [1.807, 2.05) is 0 Å². The van der Waals surface area contributed by atoms with Crippen LogP contribution in [0.4, 0.5) is 30.6 Å². The number of hydrogen-bond donors (Lipinski definition) is 2. The van der Waals surface area contributed by atoms with Gasteiger partial charge in [0.15, 0.2) is 17.1 Å². The molecule has 0 radical (unpaired) electrons. The molecule has 1 aliphatic heterocycles. The molecule has 0 spiro atoms. The first-order valence-corrected chi connectivity index (χ1v) is 12.4. The minimum atomic E-state index is -4.67. The second-order valence-corrected chi connectivity index (χ2v) is 9.44. The molecule has 6 rings (SSSR count). The summed E-state index contributed by atoms with van der Waals surface area (Å²) in [6.45, 7) is 0.507. The molecule has 16 heteroatoms. The Hall–Kier alpha value is -4.37. The van der Waals surface area contributed by atoms with E-state index in [0.717, 1.165) is 16.8 Å². The molecule has 12 nitrogen and oxygen atoms in total. The first-order chi connectivity index (χ1) is 19.1. The summed E-state index contributed by atoms with van der Waals surface area (Å²) in [5, 5.41) is 10.1. The Bertz CT molecular complexity index is 1810. The Morgan fingerprint density at radius 3 is 2.73 bits per heavy atom. The number of hydrogen-bond acceptors (Lipinski definition) is 9. The van der Waals surface area contributed by atoms with Gasteiger partial charge in [-0.1, -0.05) is 11.6 Å². The quantitative estimate of drug-likeness (QED) is 0.303. The number of imidazole rings is 1. The molecule has 1 saturated heterocycles. The van der Waals surface area contributed by atoms with Crippen LogP contribution in [-0.4, -0.2) is 54.0 Å². The second kappa shape index (κ2) is 9.67. The van der Waals surface area contributed by atoms with Crippen LogP contribution in [0.15, 0.2) is 41.8 Å². The Balaban J connectivity index is 1.37. The molecule has 5 aromatic rings. The number of ether oxygens (including phenoxy) is 2. The maximum atomic E-state index is 13.7. The summed E-state index contributed by atoms with van der Waals surface area (Å²) in [6, 6.07) is 0.252. The molecule has 6 heterocycles. The fourth-order valence-electron chi connectivity index (χ4n) is 4.46. The number of nitrogens with zero attached hydrogens (tertiary/aromatic N) is 7. The van der Waals surface area contributed by atoms with Crippen LogP contribution in [0, 0.1) is 0 Å². The highest BCUT2D eigenvalue weighted by molar-refractivity contribution is 6.36. The molecule has 5 aromatic heterocycles. The standard InChI is InChI=1S/C24H21ClF3N9O3/c1-29-18-10-37-15(6-30-18)16(8-32-37)40-17-7-31-21-20(19(17)25)35(2)23(34-21)33-14-5-12(24(26,27)28)9-36(22(14)38)13-3-4-39-11-13/h5-10,13,29H,3-4,11H2,1-2H3,(H,31,33,34). The van der Waals surface area contributed by atoms with Gasteiger partial charge in [0.1, 0.15) is 27.6 Å². The SMILES string of the molecule is CNc1cn2ncc(Oc3cnc4nc(Nc5cc(C(F)(F)F)cn(C6CCOC6)c5=O)n(C)c4c3Cl)c2cn1. The van der Waals surface area contributed by atoms with Crippen molar-refractivity contribution in [2.75, 3.05) is 30.9 Å². The number of fused-ring (bicyclic) bond motifs is 2. The summed E-state index contributed by atoms with van der Waals surface area (Å²) in [6.07, 6.45) is 2.72. The highest BCUT2D eigenvalue weighted by atomic mass is 35.5. The van der Waals surface area contributed by atoms with Crippen molar-refractivity contribution in [2.45, 2.75) is 18.6 Å². The molecule has 0 amide bonds. The van der Waals surface area contributed by atoms with E-state index in [1.54, 1.807) is 31.0 Å². The summed E-state index contributed by atoms with van der Waals surface area (Å²) in [5.41, 5.74) is -0.800. The average Bonchev–Trinajstić information content (AvgIpc) is 3.66. The van der Waals surface area contributed by atoms with Gasteiger partial charge in [-0.25, -0.2) is 14.5 Å². The maximum absolute atomic E-state index is 13.7. The van der Waals surface area contributed by atoms with Crippen LogP contribution >= 0.6 is 11.6 Å². The first-order valence-electron chi connectivity index (χ1n) is 12.0. The van der Waals surface area contributed by atoms with Gasteiger partial charge < -0.3 is 29.2 Å². The van der Waals surface area contributed by atoms with Crippen molar-refractivity contribution in [3.63, 3.8) is 0 Å². The third-order valence-electron chi connectivity index (χ3n) is 6.57. The van der Waals surface area contributed by atoms with Crippen molar-refractivity contribution < 1.29 is 22.6 Å². The van der Waals surface area contributed by atoms with E-state index in [4.69, 9.17) is 21.1 Å². The topological polar surface area (TPSA) is 125 Å². The van der Waals surface area contributed by atoms with Crippen LogP contribution in [0.5, 0.6) is 11.5 Å². The van der Waals surface area contributed by atoms with E-state index in [-0.39, 0.29) is 34.7 Å². The molecule has 1 aliphatic rings. The molecule has 208 valence electrons. The number of alkyl halides is 3. The van der Waals surface area contributed by atoms with E-state index in [1.165, 1.54) is 17.0 Å². The van der Waals surface area contributed by atoms with Gasteiger partial charge in [-0.15, -0.1) is 0 Å². The van der Waals surface area contributed by atoms with Crippen LogP contribution < -0.4 is 20.9 Å². The monoisotopic (exact) mass is 575 g/mol. The van der Waals surface area contributed by atoms with E-state index < -0.39 is 23.3 Å². The van der Waals surface area contributed by atoms with E-state index in [0.29, 0.717) is 35.6 Å². The molecule has 0 aliphatic carbocycles. The van der Waals surface area contributed by atoms with Crippen LogP contribution in [0.2, 0.25) is 5.02 Å². The summed E-state index contributed by atoms with van der Waals surface area (Å²) in [4.78, 5) is 26.1.